The molecule has 1 N–H and O–H groups in total. The highest BCUT2D eigenvalue weighted by molar-refractivity contribution is 6.75. The third-order valence-electron chi connectivity index (χ3n) is 4.39. The van der Waals surface area contributed by atoms with Gasteiger partial charge in [0, 0.05) is 0 Å². The van der Waals surface area contributed by atoms with E-state index in [-0.39, 0.29) is 0 Å². The van der Waals surface area contributed by atoms with Crippen LogP contribution in [0, 0.1) is 0 Å². The van der Waals surface area contributed by atoms with Crippen molar-refractivity contribution in [3.8, 4) is 11.1 Å². The summed E-state index contributed by atoms with van der Waals surface area (Å²) in [5, 5.41) is 0. The first-order valence-electron chi connectivity index (χ1n) is 9.00. The first-order valence-corrected chi connectivity index (χ1v) is 13.4. The molecule has 0 aliphatic carbocycles. The zero-order chi connectivity index (χ0) is 18.3. The standard InChI is InChI=1S/C20H28O3Si2/c1-4-6-17-8-12-19(13-9-17)20-14-10-18(11-15-20)7-5-16-25(2,3)23-24(21)22/h8-15,21H,4-7,16H2,1-3H3. The molecular formula is C20H28O3Si2. The Kier molecular flexibility index (Phi) is 7.14. The Labute approximate surface area is 153 Å². The molecule has 0 saturated heterocycles. The van der Waals surface area contributed by atoms with Gasteiger partial charge in [-0.05, 0) is 60.7 Å². The fraction of sp³-hybridized carbons (Fsp3) is 0.400. The first-order chi connectivity index (χ1) is 11.9. The number of aryl methyl sites for hydroxylation is 2. The van der Waals surface area contributed by atoms with Gasteiger partial charge in [-0.15, -0.1) is 0 Å². The van der Waals surface area contributed by atoms with E-state index in [4.69, 9.17) is 8.91 Å². The molecule has 0 atom stereocenters. The molecule has 2 aromatic rings. The highest BCUT2D eigenvalue weighted by atomic mass is 28.4. The zero-order valence-corrected chi connectivity index (χ0v) is 17.4. The van der Waals surface area contributed by atoms with Crippen LogP contribution in [0.3, 0.4) is 0 Å². The number of rotatable bonds is 9. The highest BCUT2D eigenvalue weighted by Crippen LogP contribution is 2.22. The second-order valence-corrected chi connectivity index (χ2v) is 12.5. The fourth-order valence-electron chi connectivity index (χ4n) is 3.02. The second kappa shape index (κ2) is 9.10. The molecule has 2 rings (SSSR count). The number of benzene rings is 2. The number of hydrogen-bond acceptors (Lipinski definition) is 2. The van der Waals surface area contributed by atoms with Crippen LogP contribution in [0.4, 0.5) is 0 Å². The van der Waals surface area contributed by atoms with Crippen molar-refractivity contribution in [1.29, 1.82) is 0 Å². The summed E-state index contributed by atoms with van der Waals surface area (Å²) in [6.45, 7) is 6.20. The minimum absolute atomic E-state index is 0.893. The lowest BCUT2D eigenvalue weighted by Crippen LogP contribution is -2.34. The van der Waals surface area contributed by atoms with Gasteiger partial charge in [0.2, 0.25) is 8.32 Å². The van der Waals surface area contributed by atoms with Crippen molar-refractivity contribution in [1.82, 2.24) is 0 Å². The van der Waals surface area contributed by atoms with Gasteiger partial charge in [0.15, 0.2) is 0 Å². The van der Waals surface area contributed by atoms with Crippen LogP contribution in [-0.2, 0) is 21.4 Å². The van der Waals surface area contributed by atoms with Crippen LogP contribution in [0.15, 0.2) is 48.5 Å². The van der Waals surface area contributed by atoms with Crippen LogP contribution in [0.2, 0.25) is 19.1 Å². The predicted molar refractivity (Wildman–Crippen MR) is 106 cm³/mol. The minimum atomic E-state index is -2.82. The Morgan fingerprint density at radius 1 is 0.920 bits per heavy atom. The molecule has 0 bridgehead atoms. The summed E-state index contributed by atoms with van der Waals surface area (Å²) < 4.78 is 16.1. The van der Waals surface area contributed by atoms with E-state index in [9.17, 15) is 4.46 Å². The average molecular weight is 373 g/mol. The van der Waals surface area contributed by atoms with Crippen LogP contribution in [0.25, 0.3) is 11.1 Å². The molecule has 0 aromatic heterocycles. The zero-order valence-electron chi connectivity index (χ0n) is 15.4. The topological polar surface area (TPSA) is 46.5 Å². The van der Waals surface area contributed by atoms with Crippen molar-refractivity contribution < 1.29 is 13.4 Å². The summed E-state index contributed by atoms with van der Waals surface area (Å²) in [6, 6.07) is 18.4. The molecule has 5 heteroatoms. The lowest BCUT2D eigenvalue weighted by atomic mass is 10.0. The van der Waals surface area contributed by atoms with E-state index in [1.54, 1.807) is 0 Å². The van der Waals surface area contributed by atoms with E-state index in [0.717, 1.165) is 25.3 Å². The maximum Gasteiger partial charge on any atom is 0.749 e. The summed E-state index contributed by atoms with van der Waals surface area (Å²) in [4.78, 5) is 8.95. The lowest BCUT2D eigenvalue weighted by molar-refractivity contribution is 0.333. The summed E-state index contributed by atoms with van der Waals surface area (Å²) in [5.41, 5.74) is 5.18. The molecular weight excluding hydrogens is 344 g/mol. The smallest absolute Gasteiger partial charge is 0.551 e. The average Bonchev–Trinajstić information content (AvgIpc) is 2.55. The largest absolute Gasteiger partial charge is 0.749 e. The minimum Gasteiger partial charge on any atom is -0.551 e. The Balaban J connectivity index is 1.90. The Hall–Kier alpha value is -1.73. The van der Waals surface area contributed by atoms with Crippen molar-refractivity contribution in [2.45, 2.75) is 51.7 Å². The van der Waals surface area contributed by atoms with E-state index >= 15 is 0 Å². The van der Waals surface area contributed by atoms with Gasteiger partial charge < -0.3 is 8.91 Å². The molecule has 0 heterocycles. The monoisotopic (exact) mass is 372 g/mol. The molecule has 3 nitrogen and oxygen atoms in total. The Morgan fingerprint density at radius 2 is 1.40 bits per heavy atom. The van der Waals surface area contributed by atoms with Crippen LogP contribution in [-0.4, -0.2) is 22.3 Å². The molecule has 0 spiro atoms. The van der Waals surface area contributed by atoms with Crippen LogP contribution in [0.5, 0.6) is 0 Å². The third-order valence-corrected chi connectivity index (χ3v) is 8.85. The lowest BCUT2D eigenvalue weighted by Gasteiger charge is -2.20. The summed E-state index contributed by atoms with van der Waals surface area (Å²) in [7, 11) is -4.83. The van der Waals surface area contributed by atoms with Gasteiger partial charge in [0.05, 0.1) is 0 Å². The molecule has 0 fully saturated rings. The molecule has 0 aliphatic rings. The van der Waals surface area contributed by atoms with Gasteiger partial charge in [-0.25, -0.2) is 0 Å². The van der Waals surface area contributed by atoms with Crippen molar-refractivity contribution in [2.24, 2.45) is 0 Å². The van der Waals surface area contributed by atoms with Gasteiger partial charge in [0.25, 0.3) is 0 Å². The quantitative estimate of drug-likeness (QED) is 0.639. The Morgan fingerprint density at radius 3 is 1.84 bits per heavy atom. The number of hydrogen-bond donors (Lipinski definition) is 1. The van der Waals surface area contributed by atoms with Crippen LogP contribution in [0.1, 0.15) is 30.9 Å². The van der Waals surface area contributed by atoms with E-state index in [1.165, 1.54) is 28.7 Å². The molecule has 0 saturated carbocycles. The van der Waals surface area contributed by atoms with E-state index < -0.39 is 17.5 Å². The SMILES string of the molecule is CCCc1ccc(-c2ccc(CCC[Si](C)(C)O[Si](=O)O)cc2)cc1. The highest BCUT2D eigenvalue weighted by Gasteiger charge is 2.27. The molecule has 25 heavy (non-hydrogen) atoms. The first kappa shape index (κ1) is 19.6. The normalized spacial score (nSPS) is 11.3. The van der Waals surface area contributed by atoms with Gasteiger partial charge in [-0.2, -0.15) is 0 Å². The van der Waals surface area contributed by atoms with Crippen molar-refractivity contribution in [2.75, 3.05) is 0 Å². The molecule has 0 aliphatic heterocycles. The predicted octanol–water partition coefficient (Wildman–Crippen LogP) is 4.87. The maximum absolute atomic E-state index is 10.9. The van der Waals surface area contributed by atoms with E-state index in [1.807, 2.05) is 13.1 Å². The third kappa shape index (κ3) is 6.59. The summed E-state index contributed by atoms with van der Waals surface area (Å²) in [6.07, 6.45) is 4.27. The molecule has 0 radical (unpaired) electrons. The van der Waals surface area contributed by atoms with Gasteiger partial charge in [0.1, 0.15) is 0 Å². The molecule has 0 amide bonds. The molecule has 0 unspecified atom stereocenters. The fourth-order valence-corrected chi connectivity index (χ4v) is 6.35. The van der Waals surface area contributed by atoms with Crippen LogP contribution < -0.4 is 0 Å². The van der Waals surface area contributed by atoms with Gasteiger partial charge in [-0.1, -0.05) is 61.9 Å². The second-order valence-electron chi connectivity index (χ2n) is 7.13. The van der Waals surface area contributed by atoms with Gasteiger partial charge >= 0.3 is 9.17 Å². The van der Waals surface area contributed by atoms with Crippen molar-refractivity contribution in [3.63, 3.8) is 0 Å². The summed E-state index contributed by atoms with van der Waals surface area (Å²) >= 11 is 0. The van der Waals surface area contributed by atoms with E-state index in [0.29, 0.717) is 0 Å². The molecule has 134 valence electrons. The van der Waals surface area contributed by atoms with E-state index in [2.05, 4.69) is 55.5 Å². The van der Waals surface area contributed by atoms with Crippen molar-refractivity contribution in [3.05, 3.63) is 59.7 Å². The summed E-state index contributed by atoms with van der Waals surface area (Å²) in [5.74, 6) is 0. The molecule has 2 aromatic carbocycles. The Bertz CT molecular complexity index is 679. The van der Waals surface area contributed by atoms with Crippen LogP contribution >= 0.6 is 0 Å². The maximum atomic E-state index is 10.9. The van der Waals surface area contributed by atoms with Crippen molar-refractivity contribution >= 4 is 17.5 Å². The van der Waals surface area contributed by atoms with Gasteiger partial charge in [-0.3, -0.25) is 4.46 Å².